The van der Waals surface area contributed by atoms with Crippen molar-refractivity contribution in [3.63, 3.8) is 0 Å². The minimum atomic E-state index is -0.119. The number of aromatic nitrogens is 2. The average molecular weight is 270 g/mol. The first kappa shape index (κ1) is 14.2. The van der Waals surface area contributed by atoms with Gasteiger partial charge in [0, 0.05) is 24.5 Å². The van der Waals surface area contributed by atoms with Crippen LogP contribution in [-0.4, -0.2) is 27.9 Å². The third-order valence-electron chi connectivity index (χ3n) is 2.89. The van der Waals surface area contributed by atoms with E-state index in [1.807, 2.05) is 35.9 Å². The number of hydrogen-bond donors (Lipinski definition) is 1. The topological polar surface area (TPSA) is 47.3 Å². The lowest BCUT2D eigenvalue weighted by molar-refractivity contribution is 0.301. The van der Waals surface area contributed by atoms with E-state index in [0.29, 0.717) is 6.61 Å². The van der Waals surface area contributed by atoms with E-state index >= 15 is 0 Å². The molecule has 104 valence electrons. The molecule has 4 nitrogen and oxygen atoms in total. The minimum absolute atomic E-state index is 0.119. The Kier molecular flexibility index (Phi) is 5.22. The van der Waals surface area contributed by atoms with E-state index < -0.39 is 0 Å². The van der Waals surface area contributed by atoms with E-state index in [9.17, 15) is 0 Å². The summed E-state index contributed by atoms with van der Waals surface area (Å²) < 4.78 is 7.74. The van der Waals surface area contributed by atoms with E-state index in [1.165, 1.54) is 0 Å². The molecule has 1 N–H and O–H groups in total. The normalized spacial score (nSPS) is 9.90. The Balaban J connectivity index is 1.82. The smallest absolute Gasteiger partial charge is 0.119 e. The van der Waals surface area contributed by atoms with Crippen molar-refractivity contribution in [1.82, 2.24) is 9.55 Å². The summed E-state index contributed by atoms with van der Waals surface area (Å²) in [6.45, 7) is 3.43. The molecule has 0 bridgehead atoms. The van der Waals surface area contributed by atoms with E-state index in [0.717, 1.165) is 29.8 Å². The standard InChI is InChI=1S/C16H18N2O2/c1-14-12-16(6-5-15(14)4-2-10-19)20-11-3-8-18-9-7-17-13-18/h5-7,9,12-13,19H,3,8,10-11H2,1H3. The van der Waals surface area contributed by atoms with Crippen molar-refractivity contribution in [3.05, 3.63) is 48.0 Å². The number of hydrogen-bond acceptors (Lipinski definition) is 3. The number of aryl methyl sites for hydroxylation is 2. The molecule has 0 spiro atoms. The first-order valence-corrected chi connectivity index (χ1v) is 6.58. The molecule has 0 radical (unpaired) electrons. The van der Waals surface area contributed by atoms with Gasteiger partial charge in [0.15, 0.2) is 0 Å². The van der Waals surface area contributed by atoms with Crippen molar-refractivity contribution >= 4 is 0 Å². The molecule has 0 aliphatic carbocycles. The fraction of sp³-hybridized carbons (Fsp3) is 0.312. The van der Waals surface area contributed by atoms with E-state index in [1.54, 1.807) is 12.5 Å². The molecule has 1 aromatic carbocycles. The van der Waals surface area contributed by atoms with E-state index in [2.05, 4.69) is 16.8 Å². The fourth-order valence-electron chi connectivity index (χ4n) is 1.86. The molecule has 20 heavy (non-hydrogen) atoms. The van der Waals surface area contributed by atoms with E-state index in [-0.39, 0.29) is 6.61 Å². The monoisotopic (exact) mass is 270 g/mol. The van der Waals surface area contributed by atoms with Crippen molar-refractivity contribution in [2.75, 3.05) is 13.2 Å². The van der Waals surface area contributed by atoms with Gasteiger partial charge < -0.3 is 14.4 Å². The molecule has 0 atom stereocenters. The first-order valence-electron chi connectivity index (χ1n) is 6.58. The highest BCUT2D eigenvalue weighted by molar-refractivity contribution is 5.44. The van der Waals surface area contributed by atoms with Crippen LogP contribution in [0.1, 0.15) is 17.5 Å². The lowest BCUT2D eigenvalue weighted by atomic mass is 10.1. The Morgan fingerprint density at radius 1 is 1.40 bits per heavy atom. The van der Waals surface area contributed by atoms with Gasteiger partial charge in [0.1, 0.15) is 12.4 Å². The van der Waals surface area contributed by atoms with Crippen LogP contribution in [0.4, 0.5) is 0 Å². The van der Waals surface area contributed by atoms with Crippen LogP contribution >= 0.6 is 0 Å². The van der Waals surface area contributed by atoms with Gasteiger partial charge in [0.05, 0.1) is 12.9 Å². The summed E-state index contributed by atoms with van der Waals surface area (Å²) in [5, 5.41) is 8.69. The average Bonchev–Trinajstić information content (AvgIpc) is 2.96. The molecule has 1 aromatic heterocycles. The van der Waals surface area contributed by atoms with Gasteiger partial charge in [-0.3, -0.25) is 0 Å². The molecular formula is C16H18N2O2. The summed E-state index contributed by atoms with van der Waals surface area (Å²) in [6.07, 6.45) is 6.45. The molecule has 0 saturated carbocycles. The Hall–Kier alpha value is -2.25. The predicted octanol–water partition coefficient (Wildman–Crippen LogP) is 2.00. The summed E-state index contributed by atoms with van der Waals surface area (Å²) in [5.74, 6) is 6.41. The van der Waals surface area contributed by atoms with Crippen LogP contribution in [0.25, 0.3) is 0 Å². The summed E-state index contributed by atoms with van der Waals surface area (Å²) in [6, 6.07) is 5.80. The van der Waals surface area contributed by atoms with Gasteiger partial charge in [-0.1, -0.05) is 11.8 Å². The molecule has 4 heteroatoms. The highest BCUT2D eigenvalue weighted by Gasteiger charge is 1.99. The van der Waals surface area contributed by atoms with Crippen LogP contribution in [0.15, 0.2) is 36.9 Å². The van der Waals surface area contributed by atoms with Gasteiger partial charge in [-0.25, -0.2) is 4.98 Å². The molecule has 0 aliphatic rings. The Bertz CT molecular complexity index is 595. The van der Waals surface area contributed by atoms with Gasteiger partial charge in [0.2, 0.25) is 0 Å². The largest absolute Gasteiger partial charge is 0.494 e. The third-order valence-corrected chi connectivity index (χ3v) is 2.89. The second-order valence-electron chi connectivity index (χ2n) is 4.44. The summed E-state index contributed by atoms with van der Waals surface area (Å²) in [4.78, 5) is 4.00. The van der Waals surface area contributed by atoms with Gasteiger partial charge in [-0.15, -0.1) is 0 Å². The number of rotatable bonds is 5. The van der Waals surface area contributed by atoms with Crippen LogP contribution in [0, 0.1) is 18.8 Å². The second-order valence-corrected chi connectivity index (χ2v) is 4.44. The number of nitrogens with zero attached hydrogens (tertiary/aromatic N) is 2. The Labute approximate surface area is 119 Å². The molecule has 2 rings (SSSR count). The maximum absolute atomic E-state index is 8.69. The van der Waals surface area contributed by atoms with Gasteiger partial charge in [0.25, 0.3) is 0 Å². The Morgan fingerprint density at radius 2 is 2.30 bits per heavy atom. The van der Waals surface area contributed by atoms with Crippen LogP contribution in [0.3, 0.4) is 0 Å². The second kappa shape index (κ2) is 7.37. The maximum atomic E-state index is 8.69. The minimum Gasteiger partial charge on any atom is -0.494 e. The SMILES string of the molecule is Cc1cc(OCCCn2ccnc2)ccc1C#CCO. The van der Waals surface area contributed by atoms with Crippen molar-refractivity contribution in [1.29, 1.82) is 0 Å². The van der Waals surface area contributed by atoms with Crippen LogP contribution < -0.4 is 4.74 Å². The molecule has 0 saturated heterocycles. The van der Waals surface area contributed by atoms with E-state index in [4.69, 9.17) is 9.84 Å². The molecule has 0 unspecified atom stereocenters. The van der Waals surface area contributed by atoms with Gasteiger partial charge in [-0.05, 0) is 37.1 Å². The zero-order chi connectivity index (χ0) is 14.2. The fourth-order valence-corrected chi connectivity index (χ4v) is 1.86. The third kappa shape index (κ3) is 4.15. The van der Waals surface area contributed by atoms with Crippen molar-refractivity contribution in [2.24, 2.45) is 0 Å². The maximum Gasteiger partial charge on any atom is 0.119 e. The highest BCUT2D eigenvalue weighted by atomic mass is 16.5. The quantitative estimate of drug-likeness (QED) is 0.668. The molecule has 1 heterocycles. The number of aliphatic hydroxyl groups excluding tert-OH is 1. The summed E-state index contributed by atoms with van der Waals surface area (Å²) in [5.41, 5.74) is 1.97. The molecular weight excluding hydrogens is 252 g/mol. The number of ether oxygens (including phenoxy) is 1. The highest BCUT2D eigenvalue weighted by Crippen LogP contribution is 2.16. The van der Waals surface area contributed by atoms with Crippen LogP contribution in [0.5, 0.6) is 5.75 Å². The summed E-state index contributed by atoms with van der Waals surface area (Å²) in [7, 11) is 0. The molecule has 2 aromatic rings. The lowest BCUT2D eigenvalue weighted by Gasteiger charge is -2.08. The number of aliphatic hydroxyl groups is 1. The first-order chi connectivity index (χ1) is 9.79. The Morgan fingerprint density at radius 3 is 3.00 bits per heavy atom. The lowest BCUT2D eigenvalue weighted by Crippen LogP contribution is -2.03. The number of imidazole rings is 1. The zero-order valence-electron chi connectivity index (χ0n) is 11.5. The summed E-state index contributed by atoms with van der Waals surface area (Å²) >= 11 is 0. The van der Waals surface area contributed by atoms with Crippen LogP contribution in [0.2, 0.25) is 0 Å². The van der Waals surface area contributed by atoms with Gasteiger partial charge in [-0.2, -0.15) is 0 Å². The predicted molar refractivity (Wildman–Crippen MR) is 77.5 cm³/mol. The molecule has 0 aliphatic heterocycles. The number of benzene rings is 1. The molecule has 0 amide bonds. The van der Waals surface area contributed by atoms with Crippen molar-refractivity contribution in [2.45, 2.75) is 19.9 Å². The van der Waals surface area contributed by atoms with Crippen LogP contribution in [-0.2, 0) is 6.54 Å². The zero-order valence-corrected chi connectivity index (χ0v) is 11.5. The van der Waals surface area contributed by atoms with Crippen molar-refractivity contribution < 1.29 is 9.84 Å². The molecule has 0 fully saturated rings. The van der Waals surface area contributed by atoms with Gasteiger partial charge >= 0.3 is 0 Å². The van der Waals surface area contributed by atoms with Crippen molar-refractivity contribution in [3.8, 4) is 17.6 Å².